The van der Waals surface area contributed by atoms with Gasteiger partial charge >= 0.3 is 0 Å². The Morgan fingerprint density at radius 1 is 1.05 bits per heavy atom. The lowest BCUT2D eigenvalue weighted by Crippen LogP contribution is -2.48. The smallest absolute Gasteiger partial charge is 0.261 e. The molecule has 2 amide bonds. The molecule has 4 rings (SSSR count). The summed E-state index contributed by atoms with van der Waals surface area (Å²) in [6.07, 6.45) is 1.32. The fourth-order valence-electron chi connectivity index (χ4n) is 4.53. The first-order valence-corrected chi connectivity index (χ1v) is 14.5. The van der Waals surface area contributed by atoms with E-state index in [-0.39, 0.29) is 34.8 Å². The molecule has 1 atom stereocenters. The molecule has 1 fully saturated rings. The van der Waals surface area contributed by atoms with Gasteiger partial charge in [0.2, 0.25) is 10.0 Å². The van der Waals surface area contributed by atoms with Crippen molar-refractivity contribution in [2.75, 3.05) is 13.1 Å². The van der Waals surface area contributed by atoms with Crippen LogP contribution in [-0.4, -0.2) is 49.5 Å². The second-order valence-electron chi connectivity index (χ2n) is 9.48. The van der Waals surface area contributed by atoms with Crippen molar-refractivity contribution in [3.8, 4) is 5.75 Å². The average Bonchev–Trinajstić information content (AvgIpc) is 2.96. The van der Waals surface area contributed by atoms with Crippen LogP contribution in [0, 0.1) is 11.7 Å². The number of nitrogens with one attached hydrogen (secondary N) is 2. The van der Waals surface area contributed by atoms with E-state index in [9.17, 15) is 27.6 Å². The molecule has 1 aliphatic rings. The number of nitrogens with zero attached hydrogens (tertiary/aromatic N) is 1. The highest BCUT2D eigenvalue weighted by molar-refractivity contribution is 7.89. The van der Waals surface area contributed by atoms with Crippen LogP contribution in [0.5, 0.6) is 5.75 Å². The minimum atomic E-state index is -4.13. The quantitative estimate of drug-likeness (QED) is 0.241. The third-order valence-corrected chi connectivity index (χ3v) is 8.60. The highest BCUT2D eigenvalue weighted by Crippen LogP contribution is 2.25. The van der Waals surface area contributed by atoms with Gasteiger partial charge in [0.15, 0.2) is 0 Å². The largest absolute Gasteiger partial charge is 0.489 e. The highest BCUT2D eigenvalue weighted by Gasteiger charge is 2.31. The van der Waals surface area contributed by atoms with Gasteiger partial charge < -0.3 is 9.64 Å². The lowest BCUT2D eigenvalue weighted by atomic mass is 9.90. The Morgan fingerprint density at radius 3 is 2.35 bits per heavy atom. The molecule has 212 valence electrons. The van der Waals surface area contributed by atoms with Gasteiger partial charge in [-0.15, -0.1) is 0 Å². The Balaban J connectivity index is 1.34. The predicted octanol–water partition coefficient (Wildman–Crippen LogP) is 4.15. The number of carbonyl (C=O) groups is 2. The number of hydrogen-bond donors (Lipinski definition) is 3. The summed E-state index contributed by atoms with van der Waals surface area (Å²) >= 11 is 6.01. The van der Waals surface area contributed by atoms with Gasteiger partial charge in [0.05, 0.1) is 9.92 Å². The van der Waals surface area contributed by atoms with Gasteiger partial charge in [-0.2, -0.15) is 4.72 Å². The van der Waals surface area contributed by atoms with Crippen LogP contribution in [0.3, 0.4) is 0 Å². The zero-order chi connectivity index (χ0) is 28.7. The summed E-state index contributed by atoms with van der Waals surface area (Å²) in [5, 5.41) is 9.45. The molecule has 0 radical (unpaired) electrons. The number of carbonyl (C=O) groups excluding carboxylic acids is 2. The third-order valence-electron chi connectivity index (χ3n) is 6.76. The van der Waals surface area contributed by atoms with Gasteiger partial charge in [0.1, 0.15) is 24.2 Å². The molecule has 0 saturated carbocycles. The number of rotatable bonds is 10. The van der Waals surface area contributed by atoms with Crippen LogP contribution in [0.4, 0.5) is 4.39 Å². The van der Waals surface area contributed by atoms with Gasteiger partial charge in [0.25, 0.3) is 11.8 Å². The summed E-state index contributed by atoms with van der Waals surface area (Å²) in [5.41, 5.74) is 2.71. The first kappa shape index (κ1) is 29.5. The van der Waals surface area contributed by atoms with Crippen LogP contribution in [0.2, 0.25) is 5.02 Å². The number of ether oxygens (including phenoxy) is 1. The highest BCUT2D eigenvalue weighted by atomic mass is 35.5. The Hall–Kier alpha value is -3.51. The van der Waals surface area contributed by atoms with E-state index in [0.29, 0.717) is 42.8 Å². The van der Waals surface area contributed by atoms with Crippen LogP contribution >= 0.6 is 11.6 Å². The Kier molecular flexibility index (Phi) is 9.75. The molecule has 0 aliphatic carbocycles. The zero-order valence-corrected chi connectivity index (χ0v) is 23.0. The topological polar surface area (TPSA) is 125 Å². The van der Waals surface area contributed by atoms with Gasteiger partial charge in [-0.25, -0.2) is 18.3 Å². The van der Waals surface area contributed by atoms with Crippen molar-refractivity contribution in [3.05, 3.63) is 94.8 Å². The van der Waals surface area contributed by atoms with Crippen molar-refractivity contribution < 1.29 is 32.3 Å². The molecule has 40 heavy (non-hydrogen) atoms. The third kappa shape index (κ3) is 7.57. The molecule has 3 aromatic rings. The molecule has 9 nitrogen and oxygen atoms in total. The van der Waals surface area contributed by atoms with Gasteiger partial charge in [-0.05, 0) is 73.7 Å². The van der Waals surface area contributed by atoms with Crippen LogP contribution in [0.25, 0.3) is 0 Å². The maximum absolute atomic E-state index is 13.2. The molecule has 0 bridgehead atoms. The summed E-state index contributed by atoms with van der Waals surface area (Å²) in [6, 6.07) is 17.2. The van der Waals surface area contributed by atoms with E-state index >= 15 is 0 Å². The predicted molar refractivity (Wildman–Crippen MR) is 146 cm³/mol. The lowest BCUT2D eigenvalue weighted by molar-refractivity contribution is -0.131. The molecule has 1 saturated heterocycles. The number of sulfonamides is 1. The number of hydrogen-bond acceptors (Lipinski definition) is 6. The second kappa shape index (κ2) is 13.2. The van der Waals surface area contributed by atoms with Gasteiger partial charge in [0, 0.05) is 24.2 Å². The van der Waals surface area contributed by atoms with Crippen molar-refractivity contribution in [2.45, 2.75) is 36.8 Å². The summed E-state index contributed by atoms with van der Waals surface area (Å²) in [7, 11) is -4.13. The van der Waals surface area contributed by atoms with E-state index in [4.69, 9.17) is 16.3 Å². The number of piperidine rings is 1. The van der Waals surface area contributed by atoms with Gasteiger partial charge in [-0.3, -0.25) is 14.8 Å². The number of hydroxylamine groups is 1. The Morgan fingerprint density at radius 2 is 1.73 bits per heavy atom. The van der Waals surface area contributed by atoms with Crippen molar-refractivity contribution in [1.29, 1.82) is 0 Å². The van der Waals surface area contributed by atoms with Crippen LogP contribution in [-0.2, 0) is 21.4 Å². The molecule has 1 aliphatic heterocycles. The lowest BCUT2D eigenvalue weighted by Gasteiger charge is -2.33. The van der Waals surface area contributed by atoms with Crippen molar-refractivity contribution in [2.24, 2.45) is 5.92 Å². The Labute approximate surface area is 236 Å². The standard InChI is InChI=1S/C28H29ClFN3O6S/c29-25-17-22(30)7-6-21(25)18-39-23-8-10-24(11-9-23)40(37,38)32-26(27(34)31-36)16-19-12-14-33(15-13-19)28(35)20-4-2-1-3-5-20/h1-11,17,19,26,32,36H,12-16,18H2,(H,31,34)/t26-/m1/s1. The fourth-order valence-corrected chi connectivity index (χ4v) is 5.96. The molecule has 3 aromatic carbocycles. The van der Waals surface area contributed by atoms with Crippen LogP contribution in [0.15, 0.2) is 77.7 Å². The van der Waals surface area contributed by atoms with E-state index in [1.54, 1.807) is 34.6 Å². The monoisotopic (exact) mass is 589 g/mol. The first-order valence-electron chi connectivity index (χ1n) is 12.6. The normalized spacial score (nSPS) is 14.9. The van der Waals surface area contributed by atoms with Crippen molar-refractivity contribution in [1.82, 2.24) is 15.1 Å². The van der Waals surface area contributed by atoms with Crippen LogP contribution in [0.1, 0.15) is 35.2 Å². The number of halogens is 2. The zero-order valence-electron chi connectivity index (χ0n) is 21.4. The van der Waals surface area contributed by atoms with Crippen molar-refractivity contribution >= 4 is 33.4 Å². The summed E-state index contributed by atoms with van der Waals surface area (Å²) < 4.78 is 47.3. The molecule has 12 heteroatoms. The average molecular weight is 590 g/mol. The van der Waals surface area contributed by atoms with E-state index in [1.165, 1.54) is 42.5 Å². The van der Waals surface area contributed by atoms with E-state index < -0.39 is 27.8 Å². The second-order valence-corrected chi connectivity index (χ2v) is 11.6. The molecule has 0 spiro atoms. The van der Waals surface area contributed by atoms with E-state index in [2.05, 4.69) is 4.72 Å². The molecule has 0 unspecified atom stereocenters. The van der Waals surface area contributed by atoms with Gasteiger partial charge in [-0.1, -0.05) is 35.9 Å². The summed E-state index contributed by atoms with van der Waals surface area (Å²) in [6.45, 7) is 1.00. The fraction of sp³-hybridized carbons (Fsp3) is 0.286. The molecule has 1 heterocycles. The van der Waals surface area contributed by atoms with E-state index in [1.807, 2.05) is 6.07 Å². The van der Waals surface area contributed by atoms with Crippen molar-refractivity contribution in [3.63, 3.8) is 0 Å². The SMILES string of the molecule is O=C(NO)[C@@H](CC1CCN(C(=O)c2ccccc2)CC1)NS(=O)(=O)c1ccc(OCc2ccc(F)cc2Cl)cc1. The molecule has 0 aromatic heterocycles. The molecular weight excluding hydrogens is 561 g/mol. The number of benzene rings is 3. The maximum Gasteiger partial charge on any atom is 0.261 e. The number of likely N-dealkylation sites (tertiary alicyclic amines) is 1. The molecular formula is C28H29ClFN3O6S. The summed E-state index contributed by atoms with van der Waals surface area (Å²) in [4.78, 5) is 26.7. The first-order chi connectivity index (χ1) is 19.2. The minimum absolute atomic E-state index is 0.0427. The number of amides is 2. The molecule has 3 N–H and O–H groups in total. The Bertz CT molecular complexity index is 1430. The van der Waals surface area contributed by atoms with Crippen LogP contribution < -0.4 is 14.9 Å². The minimum Gasteiger partial charge on any atom is -0.489 e. The maximum atomic E-state index is 13.2. The van der Waals surface area contributed by atoms with E-state index in [0.717, 1.165) is 0 Å². The summed E-state index contributed by atoms with van der Waals surface area (Å²) in [5.74, 6) is -1.09.